The molecule has 0 radical (unpaired) electrons. The van der Waals surface area contributed by atoms with Crippen LogP contribution in [0, 0.1) is 17.6 Å². The Morgan fingerprint density at radius 1 is 1.35 bits per heavy atom. The molecule has 1 fully saturated rings. The van der Waals surface area contributed by atoms with Crippen LogP contribution in [0.4, 0.5) is 8.78 Å². The standard InChI is InChI=1S/C14H15F2NO3/c1-7(14(19)20-2)17-13(18)9-6-8(9)12-10(15)4-3-5-11(12)16/h3-5,7-9H,6H2,1-2H3,(H,17,18)/t7-,8?,9?/m0/s1. The van der Waals surface area contributed by atoms with E-state index in [0.29, 0.717) is 6.42 Å². The maximum Gasteiger partial charge on any atom is 0.328 e. The third-order valence-electron chi connectivity index (χ3n) is 3.41. The predicted octanol–water partition coefficient (Wildman–Crippen LogP) is 1.75. The van der Waals surface area contributed by atoms with Gasteiger partial charge in [0.25, 0.3) is 0 Å². The van der Waals surface area contributed by atoms with Crippen LogP contribution >= 0.6 is 0 Å². The summed E-state index contributed by atoms with van der Waals surface area (Å²) in [7, 11) is 1.22. The van der Waals surface area contributed by atoms with Crippen molar-refractivity contribution >= 4 is 11.9 Å². The van der Waals surface area contributed by atoms with Gasteiger partial charge in [-0.2, -0.15) is 0 Å². The van der Waals surface area contributed by atoms with Crippen LogP contribution in [0.15, 0.2) is 18.2 Å². The van der Waals surface area contributed by atoms with Crippen LogP contribution in [0.1, 0.15) is 24.8 Å². The molecular weight excluding hydrogens is 268 g/mol. The minimum absolute atomic E-state index is 0.0571. The maximum absolute atomic E-state index is 13.6. The molecule has 1 amide bonds. The van der Waals surface area contributed by atoms with Gasteiger partial charge in [0.05, 0.1) is 7.11 Å². The van der Waals surface area contributed by atoms with Crippen molar-refractivity contribution in [2.24, 2.45) is 5.92 Å². The van der Waals surface area contributed by atoms with Crippen molar-refractivity contribution in [1.82, 2.24) is 5.32 Å². The second-order valence-electron chi connectivity index (χ2n) is 4.84. The minimum atomic E-state index is -0.779. The molecule has 108 valence electrons. The highest BCUT2D eigenvalue weighted by molar-refractivity contribution is 5.87. The van der Waals surface area contributed by atoms with Crippen molar-refractivity contribution in [2.75, 3.05) is 7.11 Å². The summed E-state index contributed by atoms with van der Waals surface area (Å²) in [5, 5.41) is 2.47. The molecule has 0 heterocycles. The van der Waals surface area contributed by atoms with Gasteiger partial charge in [0, 0.05) is 17.4 Å². The molecule has 0 spiro atoms. The van der Waals surface area contributed by atoms with E-state index in [-0.39, 0.29) is 5.56 Å². The van der Waals surface area contributed by atoms with Gasteiger partial charge in [-0.05, 0) is 25.5 Å². The van der Waals surface area contributed by atoms with Gasteiger partial charge in [-0.3, -0.25) is 4.79 Å². The molecule has 1 saturated carbocycles. The molecule has 20 heavy (non-hydrogen) atoms. The first-order valence-electron chi connectivity index (χ1n) is 6.27. The lowest BCUT2D eigenvalue weighted by molar-refractivity contribution is -0.144. The SMILES string of the molecule is COC(=O)[C@H](C)NC(=O)C1CC1c1c(F)cccc1F. The Kier molecular flexibility index (Phi) is 4.01. The number of hydrogen-bond acceptors (Lipinski definition) is 3. The van der Waals surface area contributed by atoms with Gasteiger partial charge >= 0.3 is 5.97 Å². The number of benzene rings is 1. The third kappa shape index (κ3) is 2.79. The number of amides is 1. The maximum atomic E-state index is 13.6. The van der Waals surface area contributed by atoms with E-state index in [9.17, 15) is 18.4 Å². The van der Waals surface area contributed by atoms with Crippen LogP contribution in [0.3, 0.4) is 0 Å². The van der Waals surface area contributed by atoms with Crippen LogP contribution in [0.2, 0.25) is 0 Å². The number of esters is 1. The fourth-order valence-corrected chi connectivity index (χ4v) is 2.22. The highest BCUT2D eigenvalue weighted by Gasteiger charge is 2.47. The summed E-state index contributed by atoms with van der Waals surface area (Å²) in [5.74, 6) is -3.23. The number of ether oxygens (including phenoxy) is 1. The molecule has 2 unspecified atom stereocenters. The summed E-state index contributed by atoms with van der Waals surface area (Å²) in [6.45, 7) is 1.49. The monoisotopic (exact) mass is 283 g/mol. The normalized spacial score (nSPS) is 22.0. The van der Waals surface area contributed by atoms with E-state index < -0.39 is 41.4 Å². The van der Waals surface area contributed by atoms with E-state index in [1.807, 2.05) is 0 Å². The van der Waals surface area contributed by atoms with Gasteiger partial charge in [-0.15, -0.1) is 0 Å². The lowest BCUT2D eigenvalue weighted by Gasteiger charge is -2.11. The van der Waals surface area contributed by atoms with Gasteiger partial charge < -0.3 is 10.1 Å². The molecule has 0 bridgehead atoms. The summed E-state index contributed by atoms with van der Waals surface area (Å²) >= 11 is 0. The zero-order chi connectivity index (χ0) is 14.9. The summed E-state index contributed by atoms with van der Waals surface area (Å²) in [6.07, 6.45) is 0.373. The number of hydrogen-bond donors (Lipinski definition) is 1. The molecule has 0 aromatic heterocycles. The lowest BCUT2D eigenvalue weighted by atomic mass is 10.1. The van der Waals surface area contributed by atoms with Crippen molar-refractivity contribution in [3.8, 4) is 0 Å². The molecule has 1 aromatic rings. The Hall–Kier alpha value is -1.98. The fourth-order valence-electron chi connectivity index (χ4n) is 2.22. The summed E-state index contributed by atoms with van der Waals surface area (Å²) < 4.78 is 31.6. The van der Waals surface area contributed by atoms with E-state index in [2.05, 4.69) is 10.1 Å². The third-order valence-corrected chi connectivity index (χ3v) is 3.41. The highest BCUT2D eigenvalue weighted by atomic mass is 19.1. The quantitative estimate of drug-likeness (QED) is 0.856. The fraction of sp³-hybridized carbons (Fsp3) is 0.429. The zero-order valence-corrected chi connectivity index (χ0v) is 11.2. The number of halogens is 2. The molecule has 0 saturated heterocycles. The topological polar surface area (TPSA) is 55.4 Å². The molecule has 0 aliphatic heterocycles. The average Bonchev–Trinajstić information content (AvgIpc) is 3.17. The lowest BCUT2D eigenvalue weighted by Crippen LogP contribution is -2.40. The molecule has 6 heteroatoms. The summed E-state index contributed by atoms with van der Waals surface area (Å²) in [6, 6.07) is 2.84. The van der Waals surface area contributed by atoms with Crippen LogP contribution in [0.25, 0.3) is 0 Å². The zero-order valence-electron chi connectivity index (χ0n) is 11.2. The van der Waals surface area contributed by atoms with Gasteiger partial charge in [-0.1, -0.05) is 6.07 Å². The smallest absolute Gasteiger partial charge is 0.328 e. The van der Waals surface area contributed by atoms with Gasteiger partial charge in [0.2, 0.25) is 5.91 Å². The number of rotatable bonds is 4. The first kappa shape index (κ1) is 14.4. The molecular formula is C14H15F2NO3. The molecule has 4 nitrogen and oxygen atoms in total. The molecule has 1 aliphatic rings. The Balaban J connectivity index is 2.01. The van der Waals surface area contributed by atoms with Crippen LogP contribution in [-0.4, -0.2) is 25.0 Å². The van der Waals surface area contributed by atoms with Gasteiger partial charge in [-0.25, -0.2) is 13.6 Å². The molecule has 3 atom stereocenters. The van der Waals surface area contributed by atoms with Gasteiger partial charge in [0.1, 0.15) is 17.7 Å². The van der Waals surface area contributed by atoms with Crippen molar-refractivity contribution in [2.45, 2.75) is 25.3 Å². The van der Waals surface area contributed by atoms with Crippen LogP contribution < -0.4 is 5.32 Å². The Labute approximate surface area is 115 Å². The van der Waals surface area contributed by atoms with Crippen molar-refractivity contribution < 1.29 is 23.1 Å². The summed E-state index contributed by atoms with van der Waals surface area (Å²) in [4.78, 5) is 23.1. The second-order valence-corrected chi connectivity index (χ2v) is 4.84. The molecule has 2 rings (SSSR count). The van der Waals surface area contributed by atoms with E-state index in [0.717, 1.165) is 0 Å². The second kappa shape index (κ2) is 5.56. The van der Waals surface area contributed by atoms with Crippen molar-refractivity contribution in [1.29, 1.82) is 0 Å². The number of methoxy groups -OCH3 is 1. The number of carbonyl (C=O) groups is 2. The number of carbonyl (C=O) groups excluding carboxylic acids is 2. The average molecular weight is 283 g/mol. The van der Waals surface area contributed by atoms with E-state index >= 15 is 0 Å². The Bertz CT molecular complexity index is 527. The Morgan fingerprint density at radius 2 is 1.95 bits per heavy atom. The van der Waals surface area contributed by atoms with Crippen LogP contribution in [0.5, 0.6) is 0 Å². The minimum Gasteiger partial charge on any atom is -0.467 e. The highest BCUT2D eigenvalue weighted by Crippen LogP contribution is 2.49. The molecule has 1 aromatic carbocycles. The van der Waals surface area contributed by atoms with Crippen LogP contribution in [-0.2, 0) is 14.3 Å². The first-order valence-corrected chi connectivity index (χ1v) is 6.27. The molecule has 1 N–H and O–H groups in total. The van der Waals surface area contributed by atoms with E-state index in [4.69, 9.17) is 0 Å². The van der Waals surface area contributed by atoms with E-state index in [1.165, 1.54) is 32.2 Å². The Morgan fingerprint density at radius 3 is 2.50 bits per heavy atom. The van der Waals surface area contributed by atoms with Gasteiger partial charge in [0.15, 0.2) is 0 Å². The molecule has 1 aliphatic carbocycles. The number of nitrogens with one attached hydrogen (secondary N) is 1. The summed E-state index contributed by atoms with van der Waals surface area (Å²) in [5.41, 5.74) is -0.0571. The van der Waals surface area contributed by atoms with Crippen molar-refractivity contribution in [3.63, 3.8) is 0 Å². The first-order chi connectivity index (χ1) is 9.45. The van der Waals surface area contributed by atoms with E-state index in [1.54, 1.807) is 0 Å². The predicted molar refractivity (Wildman–Crippen MR) is 66.8 cm³/mol. The van der Waals surface area contributed by atoms with Crippen molar-refractivity contribution in [3.05, 3.63) is 35.4 Å². The largest absolute Gasteiger partial charge is 0.467 e.